The summed E-state index contributed by atoms with van der Waals surface area (Å²) >= 11 is 0. The number of rotatable bonds is 3. The minimum absolute atomic E-state index is 0.515. The lowest BCUT2D eigenvalue weighted by Crippen LogP contribution is -2.34. The Morgan fingerprint density at radius 3 is 2.92 bits per heavy atom. The van der Waals surface area contributed by atoms with E-state index in [-0.39, 0.29) is 0 Å². The normalized spacial score (nSPS) is 22.6. The SMILES string of the molecule is CCN(CC1CCNC1)C(=O)O. The summed E-state index contributed by atoms with van der Waals surface area (Å²) in [5, 5.41) is 12.0. The van der Waals surface area contributed by atoms with E-state index in [1.807, 2.05) is 6.92 Å². The van der Waals surface area contributed by atoms with Gasteiger partial charge in [0, 0.05) is 13.1 Å². The molecule has 1 fully saturated rings. The Hall–Kier alpha value is -0.770. The van der Waals surface area contributed by atoms with Gasteiger partial charge in [-0.1, -0.05) is 0 Å². The maximum atomic E-state index is 10.6. The quantitative estimate of drug-likeness (QED) is 0.655. The molecule has 70 valence electrons. The summed E-state index contributed by atoms with van der Waals surface area (Å²) in [4.78, 5) is 12.1. The van der Waals surface area contributed by atoms with Crippen LogP contribution in [-0.2, 0) is 0 Å². The molecule has 0 aromatic rings. The molecule has 0 saturated carbocycles. The van der Waals surface area contributed by atoms with Gasteiger partial charge in [-0.25, -0.2) is 4.79 Å². The molecule has 12 heavy (non-hydrogen) atoms. The van der Waals surface area contributed by atoms with Crippen molar-refractivity contribution in [3.63, 3.8) is 0 Å². The Kier molecular flexibility index (Phi) is 3.34. The maximum absolute atomic E-state index is 10.6. The Bertz CT molecular complexity index is 155. The molecule has 0 aliphatic carbocycles. The van der Waals surface area contributed by atoms with Crippen molar-refractivity contribution in [2.45, 2.75) is 13.3 Å². The zero-order valence-electron chi connectivity index (χ0n) is 7.42. The zero-order valence-corrected chi connectivity index (χ0v) is 7.42. The van der Waals surface area contributed by atoms with E-state index in [0.717, 1.165) is 19.5 Å². The van der Waals surface area contributed by atoms with Gasteiger partial charge in [0.15, 0.2) is 0 Å². The van der Waals surface area contributed by atoms with Gasteiger partial charge in [-0.05, 0) is 32.4 Å². The third-order valence-corrected chi connectivity index (χ3v) is 2.29. The molecule has 1 aliphatic rings. The summed E-state index contributed by atoms with van der Waals surface area (Å²) in [6, 6.07) is 0. The fourth-order valence-electron chi connectivity index (χ4n) is 1.52. The van der Waals surface area contributed by atoms with Crippen LogP contribution in [-0.4, -0.2) is 42.3 Å². The molecule has 1 unspecified atom stereocenters. The number of hydrogen-bond acceptors (Lipinski definition) is 2. The molecule has 1 heterocycles. The first-order valence-electron chi connectivity index (χ1n) is 4.42. The van der Waals surface area contributed by atoms with Gasteiger partial charge in [-0.15, -0.1) is 0 Å². The first-order chi connectivity index (χ1) is 5.74. The summed E-state index contributed by atoms with van der Waals surface area (Å²) in [6.45, 7) is 5.13. The molecule has 0 aromatic heterocycles. The number of hydrogen-bond donors (Lipinski definition) is 2. The van der Waals surface area contributed by atoms with E-state index in [0.29, 0.717) is 19.0 Å². The third kappa shape index (κ3) is 2.37. The number of nitrogens with one attached hydrogen (secondary N) is 1. The van der Waals surface area contributed by atoms with Crippen molar-refractivity contribution in [1.82, 2.24) is 10.2 Å². The standard InChI is InChI=1S/C8H16N2O2/c1-2-10(8(11)12)6-7-3-4-9-5-7/h7,9H,2-6H2,1H3,(H,11,12). The fourth-order valence-corrected chi connectivity index (χ4v) is 1.52. The van der Waals surface area contributed by atoms with Crippen molar-refractivity contribution >= 4 is 6.09 Å². The summed E-state index contributed by atoms with van der Waals surface area (Å²) in [5.41, 5.74) is 0. The Morgan fingerprint density at radius 1 is 1.75 bits per heavy atom. The molecule has 1 saturated heterocycles. The van der Waals surface area contributed by atoms with Gasteiger partial charge >= 0.3 is 6.09 Å². The van der Waals surface area contributed by atoms with Crippen LogP contribution >= 0.6 is 0 Å². The van der Waals surface area contributed by atoms with Crippen LogP contribution < -0.4 is 5.32 Å². The maximum Gasteiger partial charge on any atom is 0.407 e. The summed E-state index contributed by atoms with van der Waals surface area (Å²) in [6.07, 6.45) is 0.299. The van der Waals surface area contributed by atoms with Gasteiger partial charge in [0.05, 0.1) is 0 Å². The van der Waals surface area contributed by atoms with Gasteiger partial charge in [0.25, 0.3) is 0 Å². The van der Waals surface area contributed by atoms with Gasteiger partial charge in [-0.3, -0.25) is 0 Å². The topological polar surface area (TPSA) is 52.6 Å². The monoisotopic (exact) mass is 172 g/mol. The highest BCUT2D eigenvalue weighted by Gasteiger charge is 2.19. The molecule has 0 aromatic carbocycles. The molecule has 0 spiro atoms. The Balaban J connectivity index is 2.30. The van der Waals surface area contributed by atoms with Gasteiger partial charge < -0.3 is 15.3 Å². The molecule has 2 N–H and O–H groups in total. The molecular weight excluding hydrogens is 156 g/mol. The predicted molar refractivity (Wildman–Crippen MR) is 46.2 cm³/mol. The lowest BCUT2D eigenvalue weighted by molar-refractivity contribution is 0.141. The van der Waals surface area contributed by atoms with E-state index in [2.05, 4.69) is 5.32 Å². The molecule has 4 heteroatoms. The smallest absolute Gasteiger partial charge is 0.407 e. The highest BCUT2D eigenvalue weighted by molar-refractivity contribution is 5.64. The van der Waals surface area contributed by atoms with Gasteiger partial charge in [0.1, 0.15) is 0 Å². The van der Waals surface area contributed by atoms with Gasteiger partial charge in [-0.2, -0.15) is 0 Å². The number of nitrogens with zero attached hydrogens (tertiary/aromatic N) is 1. The van der Waals surface area contributed by atoms with Crippen LogP contribution in [0.5, 0.6) is 0 Å². The zero-order chi connectivity index (χ0) is 8.97. The second kappa shape index (κ2) is 4.30. The molecule has 1 atom stereocenters. The van der Waals surface area contributed by atoms with Crippen molar-refractivity contribution in [2.24, 2.45) is 5.92 Å². The minimum atomic E-state index is -0.801. The van der Waals surface area contributed by atoms with E-state index in [1.165, 1.54) is 4.90 Å². The van der Waals surface area contributed by atoms with E-state index in [1.54, 1.807) is 0 Å². The minimum Gasteiger partial charge on any atom is -0.465 e. The van der Waals surface area contributed by atoms with Crippen LogP contribution in [0.2, 0.25) is 0 Å². The fraction of sp³-hybridized carbons (Fsp3) is 0.875. The van der Waals surface area contributed by atoms with Crippen molar-refractivity contribution < 1.29 is 9.90 Å². The molecule has 0 bridgehead atoms. The average molecular weight is 172 g/mol. The lowest BCUT2D eigenvalue weighted by Gasteiger charge is -2.20. The van der Waals surface area contributed by atoms with Crippen LogP contribution in [0.25, 0.3) is 0 Å². The van der Waals surface area contributed by atoms with Crippen molar-refractivity contribution in [3.8, 4) is 0 Å². The highest BCUT2D eigenvalue weighted by atomic mass is 16.4. The number of carbonyl (C=O) groups is 1. The first-order valence-corrected chi connectivity index (χ1v) is 4.42. The average Bonchev–Trinajstić information content (AvgIpc) is 2.51. The van der Waals surface area contributed by atoms with Crippen molar-refractivity contribution in [3.05, 3.63) is 0 Å². The highest BCUT2D eigenvalue weighted by Crippen LogP contribution is 2.09. The molecule has 1 amide bonds. The summed E-state index contributed by atoms with van der Waals surface area (Å²) < 4.78 is 0. The number of carboxylic acid groups (broad SMARTS) is 1. The van der Waals surface area contributed by atoms with E-state index in [4.69, 9.17) is 5.11 Å². The Morgan fingerprint density at radius 2 is 2.50 bits per heavy atom. The number of amides is 1. The third-order valence-electron chi connectivity index (χ3n) is 2.29. The second-order valence-corrected chi connectivity index (χ2v) is 3.18. The van der Waals surface area contributed by atoms with Crippen molar-refractivity contribution in [2.75, 3.05) is 26.2 Å². The van der Waals surface area contributed by atoms with Gasteiger partial charge in [0.2, 0.25) is 0 Å². The first kappa shape index (κ1) is 9.32. The largest absolute Gasteiger partial charge is 0.465 e. The molecule has 1 rings (SSSR count). The van der Waals surface area contributed by atoms with Crippen LogP contribution in [0.3, 0.4) is 0 Å². The van der Waals surface area contributed by atoms with Crippen LogP contribution in [0.4, 0.5) is 4.79 Å². The molecule has 4 nitrogen and oxygen atoms in total. The molecule has 0 radical (unpaired) electrons. The second-order valence-electron chi connectivity index (χ2n) is 3.18. The molecule has 1 aliphatic heterocycles. The van der Waals surface area contributed by atoms with E-state index in [9.17, 15) is 4.79 Å². The van der Waals surface area contributed by atoms with Crippen LogP contribution in [0.1, 0.15) is 13.3 Å². The van der Waals surface area contributed by atoms with Crippen LogP contribution in [0, 0.1) is 5.92 Å². The Labute approximate surface area is 72.6 Å². The molecular formula is C8H16N2O2. The van der Waals surface area contributed by atoms with Crippen LogP contribution in [0.15, 0.2) is 0 Å². The summed E-state index contributed by atoms with van der Waals surface area (Å²) in [7, 11) is 0. The van der Waals surface area contributed by atoms with E-state index >= 15 is 0 Å². The lowest BCUT2D eigenvalue weighted by atomic mass is 10.1. The van der Waals surface area contributed by atoms with E-state index < -0.39 is 6.09 Å². The predicted octanol–water partition coefficient (Wildman–Crippen LogP) is 0.596. The van der Waals surface area contributed by atoms with Crippen molar-refractivity contribution in [1.29, 1.82) is 0 Å². The summed E-state index contributed by atoms with van der Waals surface area (Å²) in [5.74, 6) is 0.515.